The summed E-state index contributed by atoms with van der Waals surface area (Å²) in [6.45, 7) is 13.4. The lowest BCUT2D eigenvalue weighted by molar-refractivity contribution is -0.148. The maximum atomic E-state index is 12.5. The summed E-state index contributed by atoms with van der Waals surface area (Å²) in [6, 6.07) is 0. The molecule has 0 aromatic rings. The van der Waals surface area contributed by atoms with Gasteiger partial charge in [0.25, 0.3) is 0 Å². The number of carbonyl (C=O) groups excluding carboxylic acids is 2. The van der Waals surface area contributed by atoms with E-state index in [2.05, 4.69) is 46.0 Å². The molecule has 0 bridgehead atoms. The van der Waals surface area contributed by atoms with Crippen LogP contribution >= 0.6 is 21.6 Å². The van der Waals surface area contributed by atoms with Gasteiger partial charge in [-0.25, -0.2) is 0 Å². The van der Waals surface area contributed by atoms with Gasteiger partial charge < -0.3 is 15.8 Å². The Morgan fingerprint density at radius 3 is 2.58 bits per heavy atom. The van der Waals surface area contributed by atoms with Crippen LogP contribution < -0.4 is 11.1 Å². The third kappa shape index (κ3) is 7.27. The van der Waals surface area contributed by atoms with Crippen molar-refractivity contribution in [3.8, 4) is 0 Å². The van der Waals surface area contributed by atoms with Gasteiger partial charge in [0.15, 0.2) is 0 Å². The van der Waals surface area contributed by atoms with Crippen LogP contribution in [-0.2, 0) is 14.3 Å². The molecule has 2 unspecified atom stereocenters. The molecule has 0 aromatic heterocycles. The fourth-order valence-electron chi connectivity index (χ4n) is 9.42. The maximum Gasteiger partial charge on any atom is 0.317 e. The van der Waals surface area contributed by atoms with Crippen LogP contribution in [0.5, 0.6) is 0 Å². The Balaban J connectivity index is 1.29. The van der Waals surface area contributed by atoms with Crippen LogP contribution in [0, 0.1) is 46.3 Å². The molecule has 1 amide bonds. The Bertz CT molecular complexity index is 910. The fourth-order valence-corrected chi connectivity index (χ4v) is 11.1. The van der Waals surface area contributed by atoms with E-state index in [-0.39, 0.29) is 29.1 Å². The van der Waals surface area contributed by atoms with Gasteiger partial charge >= 0.3 is 5.97 Å². The molecule has 0 aliphatic heterocycles. The molecule has 40 heavy (non-hydrogen) atoms. The van der Waals surface area contributed by atoms with Crippen molar-refractivity contribution in [1.82, 2.24) is 5.32 Å². The van der Waals surface area contributed by atoms with Gasteiger partial charge in [0, 0.05) is 19.5 Å². The molecule has 228 valence electrons. The molecule has 5 nitrogen and oxygen atoms in total. The van der Waals surface area contributed by atoms with E-state index in [0.717, 1.165) is 54.8 Å². The second-order valence-electron chi connectivity index (χ2n) is 14.3. The van der Waals surface area contributed by atoms with E-state index in [1.807, 2.05) is 0 Å². The lowest BCUT2D eigenvalue weighted by atomic mass is 9.47. The number of nitrogens with one attached hydrogen (secondary N) is 1. The van der Waals surface area contributed by atoms with Gasteiger partial charge in [-0.2, -0.15) is 0 Å². The first kappa shape index (κ1) is 32.3. The molecule has 0 heterocycles. The highest BCUT2D eigenvalue weighted by Gasteiger charge is 2.59. The summed E-state index contributed by atoms with van der Waals surface area (Å²) in [5, 5.41) is 2.75. The van der Waals surface area contributed by atoms with E-state index in [1.165, 1.54) is 73.0 Å². The van der Waals surface area contributed by atoms with E-state index < -0.39 is 0 Å². The highest BCUT2D eigenvalue weighted by atomic mass is 33.1. The molecule has 0 aromatic carbocycles. The van der Waals surface area contributed by atoms with Gasteiger partial charge in [-0.05, 0) is 91.3 Å². The van der Waals surface area contributed by atoms with Crippen molar-refractivity contribution in [3.05, 3.63) is 11.6 Å². The highest BCUT2D eigenvalue weighted by Crippen LogP contribution is 2.67. The molecule has 0 saturated heterocycles. The van der Waals surface area contributed by atoms with Crippen molar-refractivity contribution in [3.63, 3.8) is 0 Å². The zero-order chi connectivity index (χ0) is 28.9. The first-order valence-electron chi connectivity index (χ1n) is 16.2. The van der Waals surface area contributed by atoms with Gasteiger partial charge in [0.1, 0.15) is 11.9 Å². The number of nitrogens with two attached hydrogens (primary N) is 1. The van der Waals surface area contributed by atoms with Crippen molar-refractivity contribution in [1.29, 1.82) is 0 Å². The molecule has 4 aliphatic carbocycles. The smallest absolute Gasteiger partial charge is 0.317 e. The largest absolute Gasteiger partial charge is 0.461 e. The number of hydrogen-bond donors (Lipinski definition) is 2. The van der Waals surface area contributed by atoms with E-state index in [4.69, 9.17) is 10.5 Å². The number of esters is 1. The van der Waals surface area contributed by atoms with Crippen molar-refractivity contribution < 1.29 is 14.3 Å². The summed E-state index contributed by atoms with van der Waals surface area (Å²) < 4.78 is 5.93. The average Bonchev–Trinajstić information content (AvgIpc) is 3.27. The third-order valence-corrected chi connectivity index (χ3v) is 13.6. The third-order valence-electron chi connectivity index (χ3n) is 11.5. The number of fused-ring (bicyclic) bond motifs is 5. The monoisotopic (exact) mass is 592 g/mol. The quantitative estimate of drug-likeness (QED) is 0.100. The predicted molar refractivity (Wildman–Crippen MR) is 170 cm³/mol. The normalized spacial score (nSPS) is 35.8. The van der Waals surface area contributed by atoms with Crippen LogP contribution in [0.3, 0.4) is 0 Å². The standard InChI is InChI=1S/C33H56N2O3S2/c1-22(2)7-6-8-23(3)27-11-12-28-26-10-9-24-19-25(13-15-32(24,4)29(26)14-16-33(27,28)5)38-31(37)21-40-39-20-30(36)35-18-17-34/h9,22-23,25-29H,6-8,10-21,34H2,1-5H3,(H,35,36)/t23-,25+,26+,27-,28?,29?,32+,33-/m1/s1. The zero-order valence-electron chi connectivity index (χ0n) is 25.8. The van der Waals surface area contributed by atoms with Crippen molar-refractivity contribution in [2.75, 3.05) is 24.6 Å². The van der Waals surface area contributed by atoms with E-state index in [9.17, 15) is 9.59 Å². The second-order valence-corrected chi connectivity index (χ2v) is 16.8. The van der Waals surface area contributed by atoms with Gasteiger partial charge in [0.2, 0.25) is 5.91 Å². The Kier molecular flexibility index (Phi) is 11.5. The van der Waals surface area contributed by atoms with Gasteiger partial charge in [-0.1, -0.05) is 87.1 Å². The van der Waals surface area contributed by atoms with Crippen LogP contribution in [0.4, 0.5) is 0 Å². The van der Waals surface area contributed by atoms with Crippen LogP contribution in [-0.4, -0.2) is 42.6 Å². The van der Waals surface area contributed by atoms with Gasteiger partial charge in [-0.3, -0.25) is 9.59 Å². The highest BCUT2D eigenvalue weighted by molar-refractivity contribution is 8.77. The molecule has 0 radical (unpaired) electrons. The molecule has 3 saturated carbocycles. The summed E-state index contributed by atoms with van der Waals surface area (Å²) in [4.78, 5) is 24.2. The number of rotatable bonds is 13. The van der Waals surface area contributed by atoms with Crippen LogP contribution in [0.2, 0.25) is 0 Å². The Labute approximate surface area is 252 Å². The maximum absolute atomic E-state index is 12.5. The fraction of sp³-hybridized carbons (Fsp3) is 0.879. The SMILES string of the molecule is CC(C)CCC[C@@H](C)[C@H]1CCC2[C@@H]3CC=C4C[C@@H](OC(=O)CSSCC(=O)NCCN)CC[C@]4(C)C3CC[C@@]21C. The minimum absolute atomic E-state index is 0.00164. The summed E-state index contributed by atoms with van der Waals surface area (Å²) in [5.74, 6) is 5.47. The molecule has 4 rings (SSSR count). The lowest BCUT2D eigenvalue weighted by Gasteiger charge is -2.58. The number of allylic oxidation sites excluding steroid dienone is 1. The summed E-state index contributed by atoms with van der Waals surface area (Å²) in [5.41, 5.74) is 7.77. The van der Waals surface area contributed by atoms with Gasteiger partial charge in [-0.15, -0.1) is 0 Å². The van der Waals surface area contributed by atoms with E-state index in [0.29, 0.717) is 24.3 Å². The van der Waals surface area contributed by atoms with Crippen LogP contribution in [0.15, 0.2) is 11.6 Å². The van der Waals surface area contributed by atoms with Crippen LogP contribution in [0.25, 0.3) is 0 Å². The topological polar surface area (TPSA) is 81.4 Å². The Morgan fingerprint density at radius 1 is 1.05 bits per heavy atom. The molecule has 3 N–H and O–H groups in total. The van der Waals surface area contributed by atoms with Gasteiger partial charge in [0.05, 0.1) is 5.75 Å². The molecule has 8 atom stereocenters. The summed E-state index contributed by atoms with van der Waals surface area (Å²) in [7, 11) is 2.80. The molecule has 3 fully saturated rings. The van der Waals surface area contributed by atoms with E-state index in [1.54, 1.807) is 5.57 Å². The van der Waals surface area contributed by atoms with Crippen molar-refractivity contribution in [2.24, 2.45) is 52.1 Å². The number of hydrogen-bond acceptors (Lipinski definition) is 6. The Hall–Kier alpha value is -0.660. The molecule has 0 spiro atoms. The number of ether oxygens (including phenoxy) is 1. The average molecular weight is 593 g/mol. The number of carbonyl (C=O) groups is 2. The van der Waals surface area contributed by atoms with E-state index >= 15 is 0 Å². The first-order chi connectivity index (χ1) is 19.1. The zero-order valence-corrected chi connectivity index (χ0v) is 27.5. The Morgan fingerprint density at radius 2 is 1.82 bits per heavy atom. The van der Waals surface area contributed by atoms with Crippen molar-refractivity contribution in [2.45, 2.75) is 111 Å². The number of amides is 1. The minimum atomic E-state index is -0.157. The van der Waals surface area contributed by atoms with Crippen molar-refractivity contribution >= 4 is 33.5 Å². The lowest BCUT2D eigenvalue weighted by Crippen LogP contribution is -2.51. The molecular formula is C33H56N2O3S2. The van der Waals surface area contributed by atoms with Crippen LogP contribution in [0.1, 0.15) is 105 Å². The second kappa shape index (κ2) is 14.2. The molecule has 7 heteroatoms. The molecular weight excluding hydrogens is 537 g/mol. The predicted octanol–water partition coefficient (Wildman–Crippen LogP) is 7.40. The first-order valence-corrected chi connectivity index (χ1v) is 18.7. The summed E-state index contributed by atoms with van der Waals surface area (Å²) in [6.07, 6.45) is 16.6. The molecule has 4 aliphatic rings. The minimum Gasteiger partial charge on any atom is -0.461 e. The summed E-state index contributed by atoms with van der Waals surface area (Å²) >= 11 is 0.